The Morgan fingerprint density at radius 3 is 2.63 bits per heavy atom. The molecule has 4 rings (SSSR count). The molecular weight excluding hydrogens is 388 g/mol. The first kappa shape index (κ1) is 21.1. The van der Waals surface area contributed by atoms with E-state index in [1.165, 1.54) is 4.90 Å². The summed E-state index contributed by atoms with van der Waals surface area (Å²) in [6.07, 6.45) is 10.1. The number of rotatable bonds is 6. The van der Waals surface area contributed by atoms with Crippen LogP contribution in [-0.4, -0.2) is 82.8 Å². The number of aliphatic hydroxyl groups excluding tert-OH is 1. The van der Waals surface area contributed by atoms with E-state index < -0.39 is 35.0 Å². The Morgan fingerprint density at radius 1 is 1.10 bits per heavy atom. The summed E-state index contributed by atoms with van der Waals surface area (Å²) in [6.45, 7) is 4.78. The molecule has 0 aromatic heterocycles. The number of likely N-dealkylation sites (tertiary alicyclic amines) is 1. The minimum absolute atomic E-state index is 0.0157. The lowest BCUT2D eigenvalue weighted by Gasteiger charge is -2.37. The molecule has 1 N–H and O–H groups in total. The summed E-state index contributed by atoms with van der Waals surface area (Å²) < 4.78 is 11.8. The summed E-state index contributed by atoms with van der Waals surface area (Å²) in [6, 6.07) is -0.910. The number of hydrogen-bond donors (Lipinski definition) is 1. The normalized spacial score (nSPS) is 37.6. The second-order valence-electron chi connectivity index (χ2n) is 8.68. The first-order valence-electron chi connectivity index (χ1n) is 10.8. The van der Waals surface area contributed by atoms with Gasteiger partial charge in [-0.15, -0.1) is 0 Å². The predicted molar refractivity (Wildman–Crippen MR) is 107 cm³/mol. The fourth-order valence-electron chi connectivity index (χ4n) is 5.50. The molecule has 2 fully saturated rings. The van der Waals surface area contributed by atoms with Crippen LogP contribution in [0.1, 0.15) is 33.1 Å². The SMILES string of the molecule is CCCCCN1CC=C[C@]23O[C@@]4(C)C=CCOC(=O)[C@H]4[C@H]2C(=O)N(CCO)C3C1=O. The highest BCUT2D eigenvalue weighted by Gasteiger charge is 2.74. The van der Waals surface area contributed by atoms with Gasteiger partial charge in [-0.25, -0.2) is 0 Å². The van der Waals surface area contributed by atoms with E-state index in [9.17, 15) is 19.5 Å². The van der Waals surface area contributed by atoms with Gasteiger partial charge in [-0.1, -0.05) is 38.0 Å². The fraction of sp³-hybridized carbons (Fsp3) is 0.682. The maximum absolute atomic E-state index is 13.6. The third-order valence-corrected chi connectivity index (χ3v) is 6.77. The average molecular weight is 418 g/mol. The van der Waals surface area contributed by atoms with Crippen molar-refractivity contribution >= 4 is 17.8 Å². The van der Waals surface area contributed by atoms with Crippen LogP contribution in [0.2, 0.25) is 0 Å². The van der Waals surface area contributed by atoms with Crippen molar-refractivity contribution in [2.24, 2.45) is 11.8 Å². The van der Waals surface area contributed by atoms with Crippen molar-refractivity contribution in [2.45, 2.75) is 50.4 Å². The van der Waals surface area contributed by atoms with Crippen LogP contribution in [0, 0.1) is 11.8 Å². The van der Waals surface area contributed by atoms with Crippen LogP contribution in [0.25, 0.3) is 0 Å². The monoisotopic (exact) mass is 418 g/mol. The Morgan fingerprint density at radius 2 is 1.90 bits per heavy atom. The smallest absolute Gasteiger partial charge is 0.313 e. The van der Waals surface area contributed by atoms with E-state index in [1.807, 2.05) is 6.08 Å². The number of nitrogens with zero attached hydrogens (tertiary/aromatic N) is 2. The van der Waals surface area contributed by atoms with Crippen LogP contribution in [0.3, 0.4) is 0 Å². The van der Waals surface area contributed by atoms with Gasteiger partial charge < -0.3 is 24.4 Å². The van der Waals surface area contributed by atoms with Crippen LogP contribution in [0.15, 0.2) is 24.3 Å². The molecule has 2 amide bonds. The van der Waals surface area contributed by atoms with Crippen molar-refractivity contribution in [3.8, 4) is 0 Å². The number of cyclic esters (lactones) is 1. The number of fused-ring (bicyclic) bond motifs is 2. The molecule has 1 unspecified atom stereocenters. The molecule has 8 heteroatoms. The molecule has 2 saturated heterocycles. The van der Waals surface area contributed by atoms with E-state index >= 15 is 0 Å². The molecule has 0 aromatic carbocycles. The van der Waals surface area contributed by atoms with Gasteiger partial charge >= 0.3 is 5.97 Å². The summed E-state index contributed by atoms with van der Waals surface area (Å²) >= 11 is 0. The third kappa shape index (κ3) is 3.00. The molecule has 4 aliphatic heterocycles. The lowest BCUT2D eigenvalue weighted by atomic mass is 9.75. The molecule has 5 atom stereocenters. The van der Waals surface area contributed by atoms with Gasteiger partial charge in [-0.2, -0.15) is 0 Å². The second kappa shape index (κ2) is 7.81. The zero-order valence-corrected chi connectivity index (χ0v) is 17.6. The van der Waals surface area contributed by atoms with E-state index in [2.05, 4.69) is 6.92 Å². The van der Waals surface area contributed by atoms with Gasteiger partial charge in [-0.05, 0) is 19.4 Å². The highest BCUT2D eigenvalue weighted by atomic mass is 16.6. The quantitative estimate of drug-likeness (QED) is 0.387. The number of ether oxygens (including phenoxy) is 2. The topological polar surface area (TPSA) is 96.4 Å². The largest absolute Gasteiger partial charge is 0.461 e. The number of carbonyl (C=O) groups is 3. The van der Waals surface area contributed by atoms with Crippen molar-refractivity contribution in [3.63, 3.8) is 0 Å². The Labute approximate surface area is 176 Å². The molecule has 4 aliphatic rings. The van der Waals surface area contributed by atoms with Crippen LogP contribution in [0.4, 0.5) is 0 Å². The highest BCUT2D eigenvalue weighted by Crippen LogP contribution is 2.57. The zero-order valence-electron chi connectivity index (χ0n) is 17.6. The Balaban J connectivity index is 1.78. The van der Waals surface area contributed by atoms with Crippen molar-refractivity contribution in [1.82, 2.24) is 9.80 Å². The van der Waals surface area contributed by atoms with Crippen molar-refractivity contribution < 1.29 is 29.0 Å². The van der Waals surface area contributed by atoms with Crippen molar-refractivity contribution in [1.29, 1.82) is 0 Å². The lowest BCUT2D eigenvalue weighted by Crippen LogP contribution is -2.56. The average Bonchev–Trinajstić information content (AvgIpc) is 2.96. The van der Waals surface area contributed by atoms with Crippen LogP contribution in [0.5, 0.6) is 0 Å². The molecule has 4 heterocycles. The number of β-amino-alcohol motifs (C(OH)–C–C–N with tert-alkyl or cyclic N) is 1. The molecule has 0 saturated carbocycles. The molecule has 1 spiro atoms. The Kier molecular flexibility index (Phi) is 5.48. The van der Waals surface area contributed by atoms with Gasteiger partial charge in [-0.3, -0.25) is 14.4 Å². The van der Waals surface area contributed by atoms with Crippen LogP contribution in [-0.2, 0) is 23.9 Å². The van der Waals surface area contributed by atoms with Gasteiger partial charge in [0.05, 0.1) is 18.1 Å². The Hall–Kier alpha value is -2.19. The maximum Gasteiger partial charge on any atom is 0.313 e. The summed E-state index contributed by atoms with van der Waals surface area (Å²) in [5.41, 5.74) is -2.30. The zero-order chi connectivity index (χ0) is 21.5. The minimum Gasteiger partial charge on any atom is -0.461 e. The van der Waals surface area contributed by atoms with E-state index in [0.29, 0.717) is 13.1 Å². The number of esters is 1. The van der Waals surface area contributed by atoms with Gasteiger partial charge in [0.25, 0.3) is 0 Å². The molecule has 164 valence electrons. The van der Waals surface area contributed by atoms with E-state index in [0.717, 1.165) is 19.3 Å². The molecule has 0 radical (unpaired) electrons. The van der Waals surface area contributed by atoms with Crippen LogP contribution >= 0.6 is 0 Å². The van der Waals surface area contributed by atoms with Gasteiger partial charge in [0, 0.05) is 19.6 Å². The summed E-state index contributed by atoms with van der Waals surface area (Å²) in [5.74, 6) is -2.75. The van der Waals surface area contributed by atoms with Gasteiger partial charge in [0.2, 0.25) is 11.8 Å². The number of carbonyl (C=O) groups excluding carboxylic acids is 3. The summed E-state index contributed by atoms with van der Waals surface area (Å²) in [7, 11) is 0. The third-order valence-electron chi connectivity index (χ3n) is 6.77. The van der Waals surface area contributed by atoms with Gasteiger partial charge in [0.15, 0.2) is 0 Å². The molecule has 0 aromatic rings. The van der Waals surface area contributed by atoms with E-state index in [4.69, 9.17) is 9.47 Å². The predicted octanol–water partition coefficient (Wildman–Crippen LogP) is 0.651. The van der Waals surface area contributed by atoms with Crippen molar-refractivity contribution in [3.05, 3.63) is 24.3 Å². The molecule has 0 aliphatic carbocycles. The number of unbranched alkanes of at least 4 members (excludes halogenated alkanes) is 2. The molecule has 8 nitrogen and oxygen atoms in total. The lowest BCUT2D eigenvalue weighted by molar-refractivity contribution is -0.158. The maximum atomic E-state index is 13.6. The second-order valence-corrected chi connectivity index (χ2v) is 8.68. The summed E-state index contributed by atoms with van der Waals surface area (Å²) in [5, 5.41) is 9.59. The van der Waals surface area contributed by atoms with Gasteiger partial charge in [0.1, 0.15) is 24.2 Å². The van der Waals surface area contributed by atoms with Crippen molar-refractivity contribution in [2.75, 3.05) is 32.8 Å². The summed E-state index contributed by atoms with van der Waals surface area (Å²) in [4.78, 5) is 43.2. The number of hydrogen-bond acceptors (Lipinski definition) is 6. The highest BCUT2D eigenvalue weighted by molar-refractivity contribution is 5.99. The van der Waals surface area contributed by atoms with E-state index in [-0.39, 0.29) is 31.6 Å². The molecule has 30 heavy (non-hydrogen) atoms. The first-order valence-corrected chi connectivity index (χ1v) is 10.8. The van der Waals surface area contributed by atoms with Crippen LogP contribution < -0.4 is 0 Å². The standard InChI is InChI=1S/C22H30N2O6/c1-3-4-5-10-23-11-6-9-22-15(18(26)24(12-13-25)17(22)19(23)27)16-20(28)29-14-7-8-21(16,2)30-22/h6-9,15-17,25H,3-5,10-14H2,1-2H3/t15-,16+,17?,21-,22-/m0/s1. The fourth-order valence-corrected chi connectivity index (χ4v) is 5.50. The number of amides is 2. The number of aliphatic hydroxyl groups is 1. The van der Waals surface area contributed by atoms with E-state index in [1.54, 1.807) is 30.1 Å². The molecular formula is C22H30N2O6. The first-order chi connectivity index (χ1) is 14.4. The Bertz CT molecular complexity index is 794. The molecule has 0 bridgehead atoms. The minimum atomic E-state index is -1.26.